The standard InChI is InChI=1S/C25H23FO4/c1-17-13-20(14-18(2)24(17)29-16-28-3)8-7-19-5-4-6-21(15-19)25(27)30-23-11-9-22(26)10-12-23/h4-15H,16H2,1-3H3. The van der Waals surface area contributed by atoms with Gasteiger partial charge in [-0.1, -0.05) is 24.3 Å². The molecule has 0 saturated carbocycles. The number of hydrogen-bond donors (Lipinski definition) is 0. The van der Waals surface area contributed by atoms with Crippen LogP contribution >= 0.6 is 0 Å². The van der Waals surface area contributed by atoms with Crippen LogP contribution < -0.4 is 9.47 Å². The van der Waals surface area contributed by atoms with Gasteiger partial charge >= 0.3 is 5.97 Å². The first-order valence-electron chi connectivity index (χ1n) is 9.45. The predicted molar refractivity (Wildman–Crippen MR) is 115 cm³/mol. The fraction of sp³-hybridized carbons (Fsp3) is 0.160. The van der Waals surface area contributed by atoms with Crippen LogP contribution in [0.4, 0.5) is 4.39 Å². The number of esters is 1. The molecule has 4 nitrogen and oxygen atoms in total. The summed E-state index contributed by atoms with van der Waals surface area (Å²) in [5.41, 5.74) is 4.33. The summed E-state index contributed by atoms with van der Waals surface area (Å²) in [5, 5.41) is 0. The number of carbonyl (C=O) groups excluding carboxylic acids is 1. The molecule has 0 atom stereocenters. The van der Waals surface area contributed by atoms with E-state index in [1.807, 2.05) is 44.2 Å². The summed E-state index contributed by atoms with van der Waals surface area (Å²) in [6, 6.07) is 16.5. The van der Waals surface area contributed by atoms with Gasteiger partial charge in [-0.2, -0.15) is 0 Å². The number of hydrogen-bond acceptors (Lipinski definition) is 4. The third-order valence-corrected chi connectivity index (χ3v) is 4.42. The van der Waals surface area contributed by atoms with E-state index in [2.05, 4.69) is 0 Å². The molecule has 3 aromatic carbocycles. The molecule has 0 N–H and O–H groups in total. The molecule has 0 radical (unpaired) electrons. The van der Waals surface area contributed by atoms with Crippen LogP contribution in [0.15, 0.2) is 60.7 Å². The van der Waals surface area contributed by atoms with Gasteiger partial charge in [0.2, 0.25) is 0 Å². The van der Waals surface area contributed by atoms with Gasteiger partial charge in [-0.3, -0.25) is 0 Å². The first-order chi connectivity index (χ1) is 14.5. The summed E-state index contributed by atoms with van der Waals surface area (Å²) >= 11 is 0. The lowest BCUT2D eigenvalue weighted by atomic mass is 10.0. The van der Waals surface area contributed by atoms with E-state index in [0.29, 0.717) is 11.3 Å². The minimum absolute atomic E-state index is 0.206. The molecule has 0 amide bonds. The van der Waals surface area contributed by atoms with Crippen molar-refractivity contribution in [3.63, 3.8) is 0 Å². The molecule has 0 aliphatic carbocycles. The summed E-state index contributed by atoms with van der Waals surface area (Å²) in [5.74, 6) is 0.234. The van der Waals surface area contributed by atoms with Crippen molar-refractivity contribution in [2.75, 3.05) is 13.9 Å². The highest BCUT2D eigenvalue weighted by atomic mass is 19.1. The van der Waals surface area contributed by atoms with Gasteiger partial charge < -0.3 is 14.2 Å². The minimum Gasteiger partial charge on any atom is -0.467 e. The number of methoxy groups -OCH3 is 1. The second-order valence-corrected chi connectivity index (χ2v) is 6.84. The summed E-state index contributed by atoms with van der Waals surface area (Å²) in [4.78, 5) is 12.4. The second kappa shape index (κ2) is 9.85. The maximum absolute atomic E-state index is 13.0. The quantitative estimate of drug-likeness (QED) is 0.215. The van der Waals surface area contributed by atoms with Crippen LogP contribution in [-0.2, 0) is 4.74 Å². The Morgan fingerprint density at radius 3 is 2.27 bits per heavy atom. The number of carbonyl (C=O) groups is 1. The molecule has 0 saturated heterocycles. The lowest BCUT2D eigenvalue weighted by Gasteiger charge is -2.12. The van der Waals surface area contributed by atoms with E-state index >= 15 is 0 Å². The minimum atomic E-state index is -0.497. The Balaban J connectivity index is 1.74. The van der Waals surface area contributed by atoms with Gasteiger partial charge in [0.1, 0.15) is 17.3 Å². The van der Waals surface area contributed by atoms with Crippen molar-refractivity contribution in [3.8, 4) is 11.5 Å². The molecule has 0 unspecified atom stereocenters. The Labute approximate surface area is 175 Å². The zero-order chi connectivity index (χ0) is 21.5. The van der Waals surface area contributed by atoms with Crippen molar-refractivity contribution in [1.29, 1.82) is 0 Å². The van der Waals surface area contributed by atoms with Crippen LogP contribution in [-0.4, -0.2) is 19.9 Å². The highest BCUT2D eigenvalue weighted by molar-refractivity contribution is 5.92. The van der Waals surface area contributed by atoms with Crippen molar-refractivity contribution >= 4 is 18.1 Å². The Morgan fingerprint density at radius 2 is 1.60 bits per heavy atom. The first kappa shape index (κ1) is 21.3. The van der Waals surface area contributed by atoms with E-state index in [1.54, 1.807) is 25.3 Å². The normalized spacial score (nSPS) is 10.9. The van der Waals surface area contributed by atoms with Crippen LogP contribution in [0.5, 0.6) is 11.5 Å². The summed E-state index contributed by atoms with van der Waals surface area (Å²) in [6.07, 6.45) is 3.91. The monoisotopic (exact) mass is 406 g/mol. The fourth-order valence-corrected chi connectivity index (χ4v) is 3.06. The summed E-state index contributed by atoms with van der Waals surface area (Å²) < 4.78 is 28.9. The third kappa shape index (κ3) is 5.55. The van der Waals surface area contributed by atoms with Crippen LogP contribution in [0.25, 0.3) is 12.2 Å². The molecule has 5 heteroatoms. The Kier molecular flexibility index (Phi) is 6.99. The number of rotatable bonds is 7. The molecule has 30 heavy (non-hydrogen) atoms. The zero-order valence-corrected chi connectivity index (χ0v) is 17.1. The van der Waals surface area contributed by atoms with Gasteiger partial charge in [0.15, 0.2) is 6.79 Å². The topological polar surface area (TPSA) is 44.8 Å². The molecule has 0 aromatic heterocycles. The molecule has 3 rings (SSSR count). The molecular weight excluding hydrogens is 383 g/mol. The van der Waals surface area contributed by atoms with Crippen LogP contribution in [0.2, 0.25) is 0 Å². The Morgan fingerprint density at radius 1 is 0.933 bits per heavy atom. The first-order valence-corrected chi connectivity index (χ1v) is 9.45. The van der Waals surface area contributed by atoms with E-state index in [-0.39, 0.29) is 12.6 Å². The Bertz CT molecular complexity index is 1030. The largest absolute Gasteiger partial charge is 0.467 e. The third-order valence-electron chi connectivity index (χ3n) is 4.42. The number of ether oxygens (including phenoxy) is 3. The molecule has 3 aromatic rings. The van der Waals surface area contributed by atoms with E-state index in [4.69, 9.17) is 14.2 Å². The van der Waals surface area contributed by atoms with E-state index < -0.39 is 5.97 Å². The Hall–Kier alpha value is -3.44. The smallest absolute Gasteiger partial charge is 0.343 e. The van der Waals surface area contributed by atoms with Gasteiger partial charge in [-0.15, -0.1) is 0 Å². The molecule has 0 heterocycles. The van der Waals surface area contributed by atoms with Gasteiger partial charge in [-0.05, 0) is 84.6 Å². The lowest BCUT2D eigenvalue weighted by Crippen LogP contribution is -2.08. The van der Waals surface area contributed by atoms with Gasteiger partial charge in [-0.25, -0.2) is 9.18 Å². The molecule has 0 spiro atoms. The highest BCUT2D eigenvalue weighted by Gasteiger charge is 2.09. The molecule has 0 fully saturated rings. The maximum Gasteiger partial charge on any atom is 0.343 e. The molecule has 154 valence electrons. The van der Waals surface area contributed by atoms with E-state index in [0.717, 1.165) is 28.0 Å². The fourth-order valence-electron chi connectivity index (χ4n) is 3.06. The molecule has 0 aliphatic rings. The van der Waals surface area contributed by atoms with Crippen molar-refractivity contribution in [1.82, 2.24) is 0 Å². The van der Waals surface area contributed by atoms with Crippen LogP contribution in [0.1, 0.15) is 32.6 Å². The summed E-state index contributed by atoms with van der Waals surface area (Å²) in [6.45, 7) is 4.18. The van der Waals surface area contributed by atoms with Crippen LogP contribution in [0, 0.1) is 19.7 Å². The molecule has 0 bridgehead atoms. The zero-order valence-electron chi connectivity index (χ0n) is 17.1. The van der Waals surface area contributed by atoms with Crippen LogP contribution in [0.3, 0.4) is 0 Å². The average molecular weight is 406 g/mol. The van der Waals surface area contributed by atoms with Crippen molar-refractivity contribution in [2.24, 2.45) is 0 Å². The summed E-state index contributed by atoms with van der Waals surface area (Å²) in [7, 11) is 1.59. The van der Waals surface area contributed by atoms with Gasteiger partial charge in [0.25, 0.3) is 0 Å². The van der Waals surface area contributed by atoms with Gasteiger partial charge in [0, 0.05) is 7.11 Å². The van der Waals surface area contributed by atoms with Gasteiger partial charge in [0.05, 0.1) is 5.56 Å². The number of aryl methyl sites for hydroxylation is 2. The van der Waals surface area contributed by atoms with Crippen molar-refractivity contribution in [3.05, 3.63) is 94.3 Å². The maximum atomic E-state index is 13.0. The lowest BCUT2D eigenvalue weighted by molar-refractivity contribution is 0.0501. The highest BCUT2D eigenvalue weighted by Crippen LogP contribution is 2.26. The predicted octanol–water partition coefficient (Wildman–Crippen LogP) is 5.81. The molecular formula is C25H23FO4. The number of benzene rings is 3. The van der Waals surface area contributed by atoms with E-state index in [1.165, 1.54) is 24.3 Å². The number of halogens is 1. The van der Waals surface area contributed by atoms with Crippen molar-refractivity contribution < 1.29 is 23.4 Å². The molecule has 0 aliphatic heterocycles. The SMILES string of the molecule is COCOc1c(C)cc(C=Cc2cccc(C(=O)Oc3ccc(F)cc3)c2)cc1C. The van der Waals surface area contributed by atoms with E-state index in [9.17, 15) is 9.18 Å². The average Bonchev–Trinajstić information content (AvgIpc) is 2.73. The second-order valence-electron chi connectivity index (χ2n) is 6.84. The van der Waals surface area contributed by atoms with Crippen molar-refractivity contribution in [2.45, 2.75) is 13.8 Å².